The number of rotatable bonds is 3. The monoisotopic (exact) mass is 332 g/mol. The van der Waals surface area contributed by atoms with Gasteiger partial charge in [-0.3, -0.25) is 15.1 Å². The van der Waals surface area contributed by atoms with Crippen LogP contribution in [0.25, 0.3) is 0 Å². The van der Waals surface area contributed by atoms with Crippen LogP contribution in [0.4, 0.5) is 11.4 Å². The molecule has 0 aromatic heterocycles. The van der Waals surface area contributed by atoms with E-state index in [1.807, 2.05) is 32.0 Å². The smallest absolute Gasteiger partial charge is 0.315 e. The van der Waals surface area contributed by atoms with Gasteiger partial charge in [0, 0.05) is 17.3 Å². The lowest BCUT2D eigenvalue weighted by Crippen LogP contribution is -2.00. The van der Waals surface area contributed by atoms with Gasteiger partial charge in [-0.25, -0.2) is 0 Å². The van der Waals surface area contributed by atoms with E-state index in [2.05, 4.69) is 4.99 Å². The van der Waals surface area contributed by atoms with Gasteiger partial charge in [0.1, 0.15) is 0 Å². The fraction of sp³-hybridized carbons (Fsp3) is 0.235. The van der Waals surface area contributed by atoms with Crippen LogP contribution in [0.5, 0.6) is 5.75 Å². The maximum atomic E-state index is 11.2. The van der Waals surface area contributed by atoms with Crippen molar-refractivity contribution in [2.45, 2.75) is 27.7 Å². The highest BCUT2D eigenvalue weighted by molar-refractivity contribution is 6.33. The highest BCUT2D eigenvalue weighted by Crippen LogP contribution is 2.40. The fourth-order valence-corrected chi connectivity index (χ4v) is 2.55. The Balaban J connectivity index is 2.62. The van der Waals surface area contributed by atoms with Gasteiger partial charge in [-0.15, -0.1) is 0 Å². The van der Waals surface area contributed by atoms with E-state index in [4.69, 9.17) is 11.6 Å². The average molecular weight is 333 g/mol. The van der Waals surface area contributed by atoms with Crippen molar-refractivity contribution in [2.24, 2.45) is 4.99 Å². The third kappa shape index (κ3) is 3.19. The molecule has 0 fully saturated rings. The van der Waals surface area contributed by atoms with E-state index in [0.717, 1.165) is 16.8 Å². The number of aliphatic imine (C=N–C) groups is 1. The molecule has 0 saturated carbocycles. The van der Waals surface area contributed by atoms with Crippen molar-refractivity contribution in [2.75, 3.05) is 0 Å². The summed E-state index contributed by atoms with van der Waals surface area (Å²) in [4.78, 5) is 14.9. The zero-order valence-electron chi connectivity index (χ0n) is 13.3. The van der Waals surface area contributed by atoms with Crippen LogP contribution in [0, 0.1) is 37.8 Å². The van der Waals surface area contributed by atoms with Gasteiger partial charge in [0.15, 0.2) is 0 Å². The molecule has 120 valence electrons. The Morgan fingerprint density at radius 3 is 2.48 bits per heavy atom. The number of aryl methyl sites for hydroxylation is 2. The molecule has 0 atom stereocenters. The number of benzene rings is 2. The molecular formula is C17H17ClN2O3. The van der Waals surface area contributed by atoms with E-state index < -0.39 is 10.7 Å². The predicted octanol–water partition coefficient (Wildman–Crippen LogP) is 4.94. The van der Waals surface area contributed by atoms with E-state index >= 15 is 0 Å². The highest BCUT2D eigenvalue weighted by atomic mass is 35.5. The summed E-state index contributed by atoms with van der Waals surface area (Å²) >= 11 is 6.17. The number of hydrogen-bond donors (Lipinski definition) is 1. The molecule has 0 aliphatic carbocycles. The second kappa shape index (κ2) is 6.38. The second-order valence-corrected chi connectivity index (χ2v) is 5.86. The van der Waals surface area contributed by atoms with E-state index in [0.29, 0.717) is 5.56 Å². The molecule has 2 aromatic carbocycles. The van der Waals surface area contributed by atoms with Crippen LogP contribution in [0.3, 0.4) is 0 Å². The summed E-state index contributed by atoms with van der Waals surface area (Å²) in [6.45, 7) is 7.08. The van der Waals surface area contributed by atoms with Crippen molar-refractivity contribution in [3.8, 4) is 5.75 Å². The molecule has 0 radical (unpaired) electrons. The maximum absolute atomic E-state index is 11.2. The van der Waals surface area contributed by atoms with Crippen LogP contribution in [-0.2, 0) is 0 Å². The van der Waals surface area contributed by atoms with Crippen molar-refractivity contribution in [1.82, 2.24) is 0 Å². The van der Waals surface area contributed by atoms with Crippen LogP contribution in [-0.4, -0.2) is 16.2 Å². The molecular weight excluding hydrogens is 316 g/mol. The number of hydrogen-bond acceptors (Lipinski definition) is 4. The van der Waals surface area contributed by atoms with Gasteiger partial charge < -0.3 is 5.11 Å². The first-order chi connectivity index (χ1) is 10.7. The van der Waals surface area contributed by atoms with Crippen LogP contribution in [0.2, 0.25) is 5.02 Å². The van der Waals surface area contributed by atoms with E-state index in [1.54, 1.807) is 6.92 Å². The molecule has 6 heteroatoms. The summed E-state index contributed by atoms with van der Waals surface area (Å²) in [5.74, 6) is -0.413. The molecule has 23 heavy (non-hydrogen) atoms. The largest absolute Gasteiger partial charge is 0.502 e. The maximum Gasteiger partial charge on any atom is 0.315 e. The Hall–Kier alpha value is -2.40. The van der Waals surface area contributed by atoms with E-state index in [9.17, 15) is 15.2 Å². The molecule has 0 spiro atoms. The lowest BCUT2D eigenvalue weighted by atomic mass is 10.0. The number of nitrogens with zero attached hydrogens (tertiary/aromatic N) is 2. The summed E-state index contributed by atoms with van der Waals surface area (Å²) in [5, 5.41) is 21.7. The molecule has 1 N–H and O–H groups in total. The van der Waals surface area contributed by atoms with Crippen LogP contribution in [0.15, 0.2) is 23.2 Å². The van der Waals surface area contributed by atoms with Crippen molar-refractivity contribution < 1.29 is 10.0 Å². The normalized spacial score (nSPS) is 11.2. The Labute approximate surface area is 139 Å². The van der Waals surface area contributed by atoms with Gasteiger partial charge in [-0.05, 0) is 50.5 Å². The zero-order chi connectivity index (χ0) is 17.3. The Morgan fingerprint density at radius 2 is 1.87 bits per heavy atom. The summed E-state index contributed by atoms with van der Waals surface area (Å²) in [5.41, 5.74) is 3.43. The lowest BCUT2D eigenvalue weighted by molar-refractivity contribution is -0.386. The summed E-state index contributed by atoms with van der Waals surface area (Å²) in [6.07, 6.45) is 1.42. The van der Waals surface area contributed by atoms with Crippen molar-refractivity contribution in [3.63, 3.8) is 0 Å². The quantitative estimate of drug-likeness (QED) is 0.491. The molecule has 0 aliphatic heterocycles. The molecule has 0 unspecified atom stereocenters. The second-order valence-electron chi connectivity index (χ2n) is 5.48. The average Bonchev–Trinajstić information content (AvgIpc) is 2.48. The number of nitro benzene ring substituents is 1. The molecule has 0 aliphatic rings. The van der Waals surface area contributed by atoms with Crippen LogP contribution in [0.1, 0.15) is 27.8 Å². The van der Waals surface area contributed by atoms with Crippen molar-refractivity contribution in [1.29, 1.82) is 0 Å². The number of nitro groups is 1. The van der Waals surface area contributed by atoms with Crippen LogP contribution >= 0.6 is 11.6 Å². The van der Waals surface area contributed by atoms with Gasteiger partial charge in [0.05, 0.1) is 15.6 Å². The number of aromatic hydroxyl groups is 1. The van der Waals surface area contributed by atoms with Crippen LogP contribution < -0.4 is 0 Å². The molecule has 2 rings (SSSR count). The lowest BCUT2D eigenvalue weighted by Gasteiger charge is -2.10. The molecule has 0 saturated heterocycles. The highest BCUT2D eigenvalue weighted by Gasteiger charge is 2.25. The molecule has 0 heterocycles. The Morgan fingerprint density at radius 1 is 1.22 bits per heavy atom. The minimum absolute atomic E-state index is 0.246. The Kier molecular flexibility index (Phi) is 4.71. The molecule has 0 amide bonds. The molecule has 2 aromatic rings. The van der Waals surface area contributed by atoms with Gasteiger partial charge in [0.2, 0.25) is 5.75 Å². The third-order valence-corrected chi connectivity index (χ3v) is 4.34. The SMILES string of the molecule is Cc1ccc(C)c(N=Cc2c(C)c(Cl)c(C)c([N+](=O)[O-])c2O)c1. The minimum atomic E-state index is -0.634. The first-order valence-corrected chi connectivity index (χ1v) is 7.39. The van der Waals surface area contributed by atoms with Gasteiger partial charge >= 0.3 is 5.69 Å². The zero-order valence-corrected chi connectivity index (χ0v) is 14.1. The molecule has 5 nitrogen and oxygen atoms in total. The first kappa shape index (κ1) is 17.0. The van der Waals surface area contributed by atoms with Gasteiger partial charge in [-0.1, -0.05) is 23.7 Å². The predicted molar refractivity (Wildman–Crippen MR) is 92.4 cm³/mol. The fourth-order valence-electron chi connectivity index (χ4n) is 2.36. The van der Waals surface area contributed by atoms with Gasteiger partial charge in [-0.2, -0.15) is 0 Å². The summed E-state index contributed by atoms with van der Waals surface area (Å²) in [7, 11) is 0. The van der Waals surface area contributed by atoms with E-state index in [1.165, 1.54) is 13.1 Å². The summed E-state index contributed by atoms with van der Waals surface area (Å²) in [6, 6.07) is 5.83. The third-order valence-electron chi connectivity index (χ3n) is 3.78. The first-order valence-electron chi connectivity index (χ1n) is 7.01. The van der Waals surface area contributed by atoms with Crippen molar-refractivity contribution >= 4 is 29.2 Å². The number of halogens is 1. The topological polar surface area (TPSA) is 75.7 Å². The Bertz CT molecular complexity index is 829. The number of phenols is 1. The molecule has 0 bridgehead atoms. The van der Waals surface area contributed by atoms with Crippen molar-refractivity contribution in [3.05, 3.63) is 61.2 Å². The van der Waals surface area contributed by atoms with Gasteiger partial charge in [0.25, 0.3) is 0 Å². The summed E-state index contributed by atoms with van der Waals surface area (Å²) < 4.78 is 0. The number of phenolic OH excluding ortho intramolecular Hbond substituents is 1. The van der Waals surface area contributed by atoms with E-state index in [-0.39, 0.29) is 21.8 Å². The minimum Gasteiger partial charge on any atom is -0.502 e. The standard InChI is InChI=1S/C17H17ClN2O3/c1-9-5-6-10(2)14(7-9)19-8-13-11(3)15(18)12(4)16(17(13)21)20(22)23/h5-8,21H,1-4H3.